The van der Waals surface area contributed by atoms with Gasteiger partial charge in [-0.3, -0.25) is 9.59 Å². The molecule has 0 aliphatic heterocycles. The molecule has 2 amide bonds. The van der Waals surface area contributed by atoms with E-state index in [-0.39, 0.29) is 24.4 Å². The van der Waals surface area contributed by atoms with Crippen molar-refractivity contribution in [3.05, 3.63) is 59.2 Å². The monoisotopic (exact) mass is 339 g/mol. The molecule has 0 fully saturated rings. The highest BCUT2D eigenvalue weighted by Gasteiger charge is 2.09. The van der Waals surface area contributed by atoms with Crippen molar-refractivity contribution in [2.45, 2.75) is 33.7 Å². The Kier molecular flexibility index (Phi) is 6.17. The second-order valence-corrected chi connectivity index (χ2v) is 6.38. The Hall–Kier alpha value is -2.82. The molecule has 0 aliphatic carbocycles. The second-order valence-electron chi connectivity index (χ2n) is 6.38. The van der Waals surface area contributed by atoms with E-state index < -0.39 is 0 Å². The summed E-state index contributed by atoms with van der Waals surface area (Å²) in [7, 11) is 0. The Morgan fingerprint density at radius 1 is 1.00 bits per heavy atom. The molecule has 2 rings (SSSR count). The van der Waals surface area contributed by atoms with E-state index in [1.165, 1.54) is 0 Å². The predicted molar refractivity (Wildman–Crippen MR) is 102 cm³/mol. The Morgan fingerprint density at radius 3 is 2.28 bits per heavy atom. The Labute approximate surface area is 148 Å². The SMILES string of the molecule is Cc1cccc(C)c1NCC(=O)Nc1cccc(C(=O)NC(C)C)c1. The van der Waals surface area contributed by atoms with Crippen LogP contribution in [0, 0.1) is 13.8 Å². The number of nitrogens with one attached hydrogen (secondary N) is 3. The van der Waals surface area contributed by atoms with Crippen LogP contribution in [0.5, 0.6) is 0 Å². The molecule has 0 heterocycles. The Morgan fingerprint density at radius 2 is 1.64 bits per heavy atom. The maximum Gasteiger partial charge on any atom is 0.251 e. The second kappa shape index (κ2) is 8.33. The smallest absolute Gasteiger partial charge is 0.251 e. The van der Waals surface area contributed by atoms with Crippen molar-refractivity contribution in [3.63, 3.8) is 0 Å². The summed E-state index contributed by atoms with van der Waals surface area (Å²) in [6, 6.07) is 13.0. The lowest BCUT2D eigenvalue weighted by atomic mass is 10.1. The lowest BCUT2D eigenvalue weighted by Gasteiger charge is -2.13. The average Bonchev–Trinajstić information content (AvgIpc) is 2.54. The van der Waals surface area contributed by atoms with Gasteiger partial charge in [-0.05, 0) is 57.0 Å². The molecule has 25 heavy (non-hydrogen) atoms. The molecule has 0 unspecified atom stereocenters. The zero-order valence-electron chi connectivity index (χ0n) is 15.1. The lowest BCUT2D eigenvalue weighted by Crippen LogP contribution is -2.30. The van der Waals surface area contributed by atoms with Gasteiger partial charge in [-0.25, -0.2) is 0 Å². The summed E-state index contributed by atoms with van der Waals surface area (Å²) in [4.78, 5) is 24.2. The minimum atomic E-state index is -0.163. The first-order valence-corrected chi connectivity index (χ1v) is 8.37. The summed E-state index contributed by atoms with van der Waals surface area (Å²) in [5.74, 6) is -0.316. The highest BCUT2D eigenvalue weighted by molar-refractivity contribution is 5.98. The molecule has 132 valence electrons. The molecular weight excluding hydrogens is 314 g/mol. The van der Waals surface area contributed by atoms with Crippen LogP contribution in [0.4, 0.5) is 11.4 Å². The van der Waals surface area contributed by atoms with Crippen LogP contribution in [0.1, 0.15) is 35.3 Å². The molecule has 3 N–H and O–H groups in total. The summed E-state index contributed by atoms with van der Waals surface area (Å²) in [6.45, 7) is 7.98. The summed E-state index contributed by atoms with van der Waals surface area (Å²) >= 11 is 0. The van der Waals surface area contributed by atoms with Gasteiger partial charge in [0.1, 0.15) is 0 Å². The first-order chi connectivity index (χ1) is 11.9. The summed E-state index contributed by atoms with van der Waals surface area (Å²) in [6.07, 6.45) is 0. The van der Waals surface area contributed by atoms with Crippen molar-refractivity contribution in [2.75, 3.05) is 17.2 Å². The predicted octanol–water partition coefficient (Wildman–Crippen LogP) is 3.49. The first kappa shape index (κ1) is 18.5. The molecule has 0 atom stereocenters. The van der Waals surface area contributed by atoms with E-state index in [4.69, 9.17) is 0 Å². The number of hydrogen-bond donors (Lipinski definition) is 3. The zero-order valence-corrected chi connectivity index (χ0v) is 15.1. The molecule has 0 aromatic heterocycles. The van der Waals surface area contributed by atoms with Crippen LogP contribution >= 0.6 is 0 Å². The molecule has 0 spiro atoms. The topological polar surface area (TPSA) is 70.2 Å². The fourth-order valence-electron chi connectivity index (χ4n) is 2.55. The van der Waals surface area contributed by atoms with E-state index in [0.29, 0.717) is 11.3 Å². The largest absolute Gasteiger partial charge is 0.376 e. The maximum absolute atomic E-state index is 12.2. The molecule has 0 aliphatic rings. The number of hydrogen-bond acceptors (Lipinski definition) is 3. The third kappa shape index (κ3) is 5.35. The first-order valence-electron chi connectivity index (χ1n) is 8.37. The van der Waals surface area contributed by atoms with Crippen LogP contribution in [-0.2, 0) is 4.79 Å². The highest BCUT2D eigenvalue weighted by atomic mass is 16.2. The maximum atomic E-state index is 12.2. The zero-order chi connectivity index (χ0) is 18.4. The van der Waals surface area contributed by atoms with E-state index in [1.807, 2.05) is 45.9 Å². The molecule has 5 heteroatoms. The van der Waals surface area contributed by atoms with Crippen LogP contribution in [0.15, 0.2) is 42.5 Å². The van der Waals surface area contributed by atoms with Gasteiger partial charge in [0.2, 0.25) is 5.91 Å². The quantitative estimate of drug-likeness (QED) is 0.754. The van der Waals surface area contributed by atoms with Crippen LogP contribution in [0.2, 0.25) is 0 Å². The highest BCUT2D eigenvalue weighted by Crippen LogP contribution is 2.19. The Bertz CT molecular complexity index is 749. The van der Waals surface area contributed by atoms with Crippen molar-refractivity contribution >= 4 is 23.2 Å². The standard InChI is InChI=1S/C20H25N3O2/c1-13(2)22-20(25)16-9-6-10-17(11-16)23-18(24)12-21-19-14(3)7-5-8-15(19)4/h5-11,13,21H,12H2,1-4H3,(H,22,25)(H,23,24). The minimum Gasteiger partial charge on any atom is -0.376 e. The van der Waals surface area contributed by atoms with Gasteiger partial charge >= 0.3 is 0 Å². The lowest BCUT2D eigenvalue weighted by molar-refractivity contribution is -0.114. The van der Waals surface area contributed by atoms with Gasteiger partial charge in [0.15, 0.2) is 0 Å². The van der Waals surface area contributed by atoms with Gasteiger partial charge in [0, 0.05) is 23.0 Å². The van der Waals surface area contributed by atoms with Gasteiger partial charge in [-0.15, -0.1) is 0 Å². The van der Waals surface area contributed by atoms with Gasteiger partial charge in [0.05, 0.1) is 6.54 Å². The molecule has 2 aromatic rings. The van der Waals surface area contributed by atoms with Crippen molar-refractivity contribution in [1.29, 1.82) is 0 Å². The van der Waals surface area contributed by atoms with E-state index in [0.717, 1.165) is 16.8 Å². The molecule has 0 radical (unpaired) electrons. The number of carbonyl (C=O) groups is 2. The summed E-state index contributed by atoms with van der Waals surface area (Å²) < 4.78 is 0. The third-order valence-electron chi connectivity index (χ3n) is 3.74. The van der Waals surface area contributed by atoms with E-state index in [1.54, 1.807) is 24.3 Å². The van der Waals surface area contributed by atoms with Crippen LogP contribution in [-0.4, -0.2) is 24.4 Å². The number of aryl methyl sites for hydroxylation is 2. The van der Waals surface area contributed by atoms with E-state index in [2.05, 4.69) is 16.0 Å². The summed E-state index contributed by atoms with van der Waals surface area (Å²) in [5.41, 5.74) is 4.29. The summed E-state index contributed by atoms with van der Waals surface area (Å²) in [5, 5.41) is 8.83. The minimum absolute atomic E-state index is 0.0623. The normalized spacial score (nSPS) is 10.4. The van der Waals surface area contributed by atoms with Crippen molar-refractivity contribution in [1.82, 2.24) is 5.32 Å². The van der Waals surface area contributed by atoms with Gasteiger partial charge in [0.25, 0.3) is 5.91 Å². The fraction of sp³-hybridized carbons (Fsp3) is 0.300. The van der Waals surface area contributed by atoms with Crippen molar-refractivity contribution < 1.29 is 9.59 Å². The van der Waals surface area contributed by atoms with Gasteiger partial charge < -0.3 is 16.0 Å². The van der Waals surface area contributed by atoms with E-state index >= 15 is 0 Å². The van der Waals surface area contributed by atoms with Crippen LogP contribution in [0.3, 0.4) is 0 Å². The number of para-hydroxylation sites is 1. The number of carbonyl (C=O) groups excluding carboxylic acids is 2. The molecule has 5 nitrogen and oxygen atoms in total. The van der Waals surface area contributed by atoms with Crippen LogP contribution < -0.4 is 16.0 Å². The average molecular weight is 339 g/mol. The molecule has 2 aromatic carbocycles. The van der Waals surface area contributed by atoms with Crippen molar-refractivity contribution in [3.8, 4) is 0 Å². The molecule has 0 saturated heterocycles. The number of rotatable bonds is 6. The third-order valence-corrected chi connectivity index (χ3v) is 3.74. The van der Waals surface area contributed by atoms with Gasteiger partial charge in [-0.2, -0.15) is 0 Å². The molecular formula is C20H25N3O2. The Balaban J connectivity index is 1.98. The van der Waals surface area contributed by atoms with Crippen molar-refractivity contribution in [2.24, 2.45) is 0 Å². The fourth-order valence-corrected chi connectivity index (χ4v) is 2.55. The number of benzene rings is 2. The molecule has 0 bridgehead atoms. The van der Waals surface area contributed by atoms with Gasteiger partial charge in [-0.1, -0.05) is 24.3 Å². The number of amides is 2. The number of anilines is 2. The molecule has 0 saturated carbocycles. The van der Waals surface area contributed by atoms with Crippen LogP contribution in [0.25, 0.3) is 0 Å². The van der Waals surface area contributed by atoms with E-state index in [9.17, 15) is 9.59 Å².